The lowest BCUT2D eigenvalue weighted by Gasteiger charge is -2.12. The van der Waals surface area contributed by atoms with E-state index in [4.69, 9.17) is 22.1 Å². The van der Waals surface area contributed by atoms with Crippen LogP contribution in [-0.2, 0) is 6.61 Å². The fourth-order valence-corrected chi connectivity index (χ4v) is 4.20. The van der Waals surface area contributed by atoms with Crippen molar-refractivity contribution in [1.29, 1.82) is 0 Å². The fourth-order valence-electron chi connectivity index (χ4n) is 1.52. The van der Waals surface area contributed by atoms with Gasteiger partial charge in [-0.25, -0.2) is 0 Å². The summed E-state index contributed by atoms with van der Waals surface area (Å²) in [5, 5.41) is 0.640. The van der Waals surface area contributed by atoms with Crippen molar-refractivity contribution in [1.82, 2.24) is 0 Å². The van der Waals surface area contributed by atoms with Crippen LogP contribution >= 0.6 is 59.4 Å². The van der Waals surface area contributed by atoms with Gasteiger partial charge in [-0.3, -0.25) is 0 Å². The van der Waals surface area contributed by atoms with Gasteiger partial charge in [0.1, 0.15) is 12.4 Å². The van der Waals surface area contributed by atoms with E-state index in [9.17, 15) is 0 Å². The van der Waals surface area contributed by atoms with Crippen LogP contribution in [-0.4, -0.2) is 0 Å². The molecule has 0 atom stereocenters. The van der Waals surface area contributed by atoms with Crippen molar-refractivity contribution in [3.63, 3.8) is 0 Å². The zero-order valence-corrected chi connectivity index (χ0v) is 15.1. The van der Waals surface area contributed by atoms with E-state index in [2.05, 4.69) is 47.8 Å². The topological polar surface area (TPSA) is 35.2 Å². The second-order valence-electron chi connectivity index (χ2n) is 3.83. The molecule has 0 aliphatic rings. The minimum absolute atomic E-state index is 0.352. The molecule has 0 aliphatic heterocycles. The summed E-state index contributed by atoms with van der Waals surface area (Å²) < 4.78 is 8.46. The highest BCUT2D eigenvalue weighted by atomic mass is 79.9. The van der Waals surface area contributed by atoms with E-state index in [1.807, 2.05) is 12.1 Å². The minimum Gasteiger partial charge on any atom is -0.486 e. The van der Waals surface area contributed by atoms with Crippen molar-refractivity contribution < 1.29 is 4.74 Å². The maximum atomic E-state index is 5.95. The summed E-state index contributed by atoms with van der Waals surface area (Å²) >= 11 is 16.3. The first-order valence-corrected chi connectivity index (χ1v) is 8.04. The molecule has 0 unspecified atom stereocenters. The van der Waals surface area contributed by atoms with Crippen LogP contribution in [0.2, 0.25) is 5.02 Å². The number of hydrogen-bond donors (Lipinski definition) is 1. The molecule has 0 saturated carbocycles. The van der Waals surface area contributed by atoms with Crippen molar-refractivity contribution in [2.24, 2.45) is 0 Å². The van der Waals surface area contributed by atoms with Crippen molar-refractivity contribution in [2.75, 3.05) is 5.73 Å². The highest BCUT2D eigenvalue weighted by molar-refractivity contribution is 9.11. The third kappa shape index (κ3) is 3.88. The molecule has 0 aliphatic carbocycles. The van der Waals surface area contributed by atoms with E-state index in [1.165, 1.54) is 0 Å². The average Bonchev–Trinajstić information content (AvgIpc) is 2.32. The largest absolute Gasteiger partial charge is 0.486 e. The predicted octanol–water partition coefficient (Wildman–Crippen LogP) is 5.79. The molecule has 0 saturated heterocycles. The SMILES string of the molecule is Nc1ccc(Cl)cc1COc1c(Br)cc(Br)cc1Br. The van der Waals surface area contributed by atoms with Crippen LogP contribution in [0.3, 0.4) is 0 Å². The van der Waals surface area contributed by atoms with Crippen LogP contribution in [0.15, 0.2) is 43.7 Å². The van der Waals surface area contributed by atoms with E-state index >= 15 is 0 Å². The van der Waals surface area contributed by atoms with Crippen molar-refractivity contribution >= 4 is 65.1 Å². The van der Waals surface area contributed by atoms with Gasteiger partial charge < -0.3 is 10.5 Å². The van der Waals surface area contributed by atoms with Crippen LogP contribution in [0.5, 0.6) is 5.75 Å². The highest BCUT2D eigenvalue weighted by Crippen LogP contribution is 2.37. The molecule has 100 valence electrons. The van der Waals surface area contributed by atoms with Gasteiger partial charge in [0.15, 0.2) is 0 Å². The maximum Gasteiger partial charge on any atom is 0.148 e. The van der Waals surface area contributed by atoms with Crippen LogP contribution < -0.4 is 10.5 Å². The molecular formula is C13H9Br3ClNO. The monoisotopic (exact) mass is 467 g/mol. The first kappa shape index (κ1) is 15.2. The lowest BCUT2D eigenvalue weighted by Crippen LogP contribution is -2.01. The van der Waals surface area contributed by atoms with Gasteiger partial charge in [0.25, 0.3) is 0 Å². The summed E-state index contributed by atoms with van der Waals surface area (Å²) in [4.78, 5) is 0. The molecule has 0 fully saturated rings. The molecule has 0 bridgehead atoms. The zero-order valence-electron chi connectivity index (χ0n) is 9.59. The Morgan fingerprint density at radius 3 is 2.32 bits per heavy atom. The standard InChI is InChI=1S/C13H9Br3ClNO/c14-8-4-10(15)13(11(16)5-8)19-6-7-3-9(17)1-2-12(7)18/h1-5H,6,18H2. The summed E-state index contributed by atoms with van der Waals surface area (Å²) in [6.07, 6.45) is 0. The van der Waals surface area contributed by atoms with E-state index in [0.717, 1.165) is 24.7 Å². The van der Waals surface area contributed by atoms with E-state index in [-0.39, 0.29) is 0 Å². The number of nitrogen functional groups attached to an aromatic ring is 1. The summed E-state index contributed by atoms with van der Waals surface area (Å²) in [5.41, 5.74) is 7.40. The molecule has 6 heteroatoms. The summed E-state index contributed by atoms with van der Waals surface area (Å²) in [6.45, 7) is 0.352. The Bertz CT molecular complexity index is 596. The molecule has 2 rings (SSSR count). The number of ether oxygens (including phenoxy) is 1. The Morgan fingerprint density at radius 1 is 1.05 bits per heavy atom. The second kappa shape index (κ2) is 6.48. The van der Waals surface area contributed by atoms with Crippen LogP contribution in [0, 0.1) is 0 Å². The van der Waals surface area contributed by atoms with Gasteiger partial charge in [0, 0.05) is 20.7 Å². The molecule has 0 spiro atoms. The molecule has 0 radical (unpaired) electrons. The normalized spacial score (nSPS) is 10.5. The molecule has 0 amide bonds. The number of nitrogens with two attached hydrogens (primary N) is 1. The van der Waals surface area contributed by atoms with Crippen molar-refractivity contribution in [2.45, 2.75) is 6.61 Å². The predicted molar refractivity (Wildman–Crippen MR) is 89.7 cm³/mol. The van der Waals surface area contributed by atoms with Gasteiger partial charge in [-0.2, -0.15) is 0 Å². The van der Waals surface area contributed by atoms with Gasteiger partial charge in [0.2, 0.25) is 0 Å². The zero-order chi connectivity index (χ0) is 14.0. The molecule has 2 aromatic carbocycles. The Morgan fingerprint density at radius 2 is 1.68 bits per heavy atom. The Kier molecular flexibility index (Phi) is 5.17. The van der Waals surface area contributed by atoms with Gasteiger partial charge in [0.05, 0.1) is 8.95 Å². The summed E-state index contributed by atoms with van der Waals surface area (Å²) in [6, 6.07) is 9.17. The average molecular weight is 470 g/mol. The van der Waals surface area contributed by atoms with Crippen molar-refractivity contribution in [3.8, 4) is 5.75 Å². The molecule has 0 aromatic heterocycles. The molecule has 2 aromatic rings. The molecule has 0 heterocycles. The molecule has 2 N–H and O–H groups in total. The number of anilines is 1. The van der Waals surface area contributed by atoms with Crippen LogP contribution in [0.1, 0.15) is 5.56 Å². The highest BCUT2D eigenvalue weighted by Gasteiger charge is 2.09. The molecular weight excluding hydrogens is 461 g/mol. The minimum atomic E-state index is 0.352. The first-order valence-electron chi connectivity index (χ1n) is 5.28. The third-order valence-electron chi connectivity index (χ3n) is 2.44. The van der Waals surface area contributed by atoms with Crippen LogP contribution in [0.25, 0.3) is 0 Å². The number of rotatable bonds is 3. The lowest BCUT2D eigenvalue weighted by atomic mass is 10.2. The van der Waals surface area contributed by atoms with E-state index < -0.39 is 0 Å². The third-order valence-corrected chi connectivity index (χ3v) is 4.31. The van der Waals surface area contributed by atoms with Gasteiger partial charge in [-0.1, -0.05) is 27.5 Å². The fraction of sp³-hybridized carbons (Fsp3) is 0.0769. The smallest absolute Gasteiger partial charge is 0.148 e. The quantitative estimate of drug-likeness (QED) is 0.577. The number of benzene rings is 2. The van der Waals surface area contributed by atoms with Gasteiger partial charge in [-0.05, 0) is 62.2 Å². The summed E-state index contributed by atoms with van der Waals surface area (Å²) in [7, 11) is 0. The maximum absolute atomic E-state index is 5.95. The lowest BCUT2D eigenvalue weighted by molar-refractivity contribution is 0.303. The van der Waals surface area contributed by atoms with E-state index in [1.54, 1.807) is 18.2 Å². The Balaban J connectivity index is 2.21. The molecule has 19 heavy (non-hydrogen) atoms. The number of hydrogen-bond acceptors (Lipinski definition) is 2. The second-order valence-corrected chi connectivity index (χ2v) is 6.89. The van der Waals surface area contributed by atoms with Crippen molar-refractivity contribution in [3.05, 3.63) is 54.3 Å². The van der Waals surface area contributed by atoms with Crippen LogP contribution in [0.4, 0.5) is 5.69 Å². The van der Waals surface area contributed by atoms with Gasteiger partial charge in [-0.15, -0.1) is 0 Å². The first-order chi connectivity index (χ1) is 8.97. The van der Waals surface area contributed by atoms with E-state index in [0.29, 0.717) is 17.3 Å². The number of halogens is 4. The Hall–Kier alpha value is -0.230. The Labute approximate surface area is 141 Å². The van der Waals surface area contributed by atoms with Gasteiger partial charge >= 0.3 is 0 Å². The summed E-state index contributed by atoms with van der Waals surface area (Å²) in [5.74, 6) is 0.725. The molecule has 2 nitrogen and oxygen atoms in total.